The zero-order chi connectivity index (χ0) is 16.5. The second kappa shape index (κ2) is 9.03. The van der Waals surface area contributed by atoms with E-state index in [1.165, 1.54) is 44.8 Å². The molecule has 23 heavy (non-hydrogen) atoms. The van der Waals surface area contributed by atoms with E-state index in [1.54, 1.807) is 12.1 Å². The van der Waals surface area contributed by atoms with Gasteiger partial charge in [-0.15, -0.1) is 0 Å². The second-order valence-corrected chi connectivity index (χ2v) is 5.65. The van der Waals surface area contributed by atoms with E-state index >= 15 is 0 Å². The smallest absolute Gasteiger partial charge is 0.337 e. The maximum atomic E-state index is 11.4. The monoisotopic (exact) mass is 312 g/mol. The van der Waals surface area contributed by atoms with Crippen molar-refractivity contribution in [2.45, 2.75) is 45.4 Å². The molecule has 0 spiro atoms. The van der Waals surface area contributed by atoms with Crippen LogP contribution >= 0.6 is 0 Å². The molecule has 0 aliphatic rings. The second-order valence-electron chi connectivity index (χ2n) is 5.65. The Labute approximate surface area is 137 Å². The molecule has 1 aromatic heterocycles. The Morgan fingerprint density at radius 1 is 1.00 bits per heavy atom. The number of carbonyl (C=O) groups excluding carboxylic acids is 1. The van der Waals surface area contributed by atoms with Crippen molar-refractivity contribution in [1.82, 2.24) is 9.97 Å². The van der Waals surface area contributed by atoms with Crippen molar-refractivity contribution in [3.05, 3.63) is 47.8 Å². The van der Waals surface area contributed by atoms with E-state index < -0.39 is 0 Å². The Hall–Kier alpha value is -2.23. The maximum absolute atomic E-state index is 11.4. The average molecular weight is 312 g/mol. The summed E-state index contributed by atoms with van der Waals surface area (Å²) in [6.45, 7) is 2.23. The Bertz CT molecular complexity index is 606. The average Bonchev–Trinajstić information content (AvgIpc) is 2.61. The summed E-state index contributed by atoms with van der Waals surface area (Å²) in [5.74, 6) is 0.340. The number of aryl methyl sites for hydroxylation is 1. The van der Waals surface area contributed by atoms with Crippen LogP contribution in [0, 0.1) is 0 Å². The summed E-state index contributed by atoms with van der Waals surface area (Å²) >= 11 is 0. The molecule has 0 unspecified atom stereocenters. The molecule has 0 saturated carbocycles. The zero-order valence-corrected chi connectivity index (χ0v) is 13.9. The summed E-state index contributed by atoms with van der Waals surface area (Å²) in [5, 5.41) is 0. The number of esters is 1. The number of ether oxygens (including phenoxy) is 1. The molecule has 0 aliphatic carbocycles. The third-order valence-corrected chi connectivity index (χ3v) is 3.84. The van der Waals surface area contributed by atoms with Crippen LogP contribution in [0.2, 0.25) is 0 Å². The standard InChI is InChI=1S/C19H24N2O2/c1-3-4-5-6-7-8-15-13-20-18(21-14-15)16-9-11-17(12-10-16)19(22)23-2/h9-14H,3-8H2,1-2H3. The number of aromatic nitrogens is 2. The van der Waals surface area contributed by atoms with Crippen LogP contribution in [0.1, 0.15) is 54.9 Å². The van der Waals surface area contributed by atoms with E-state index in [4.69, 9.17) is 0 Å². The lowest BCUT2D eigenvalue weighted by Gasteiger charge is -2.04. The fourth-order valence-electron chi connectivity index (χ4n) is 2.44. The normalized spacial score (nSPS) is 10.5. The highest BCUT2D eigenvalue weighted by Gasteiger charge is 2.06. The molecule has 0 radical (unpaired) electrons. The van der Waals surface area contributed by atoms with Crippen molar-refractivity contribution in [1.29, 1.82) is 0 Å². The Balaban J connectivity index is 1.92. The van der Waals surface area contributed by atoms with Crippen molar-refractivity contribution in [2.24, 2.45) is 0 Å². The number of hydrogen-bond donors (Lipinski definition) is 0. The van der Waals surface area contributed by atoms with Crippen molar-refractivity contribution in [3.63, 3.8) is 0 Å². The van der Waals surface area contributed by atoms with Crippen molar-refractivity contribution >= 4 is 5.97 Å². The third kappa shape index (κ3) is 5.16. The minimum Gasteiger partial charge on any atom is -0.465 e. The Kier molecular flexibility index (Phi) is 6.73. The van der Waals surface area contributed by atoms with Gasteiger partial charge in [-0.2, -0.15) is 0 Å². The first-order chi connectivity index (χ1) is 11.2. The quantitative estimate of drug-likeness (QED) is 0.534. The first-order valence-corrected chi connectivity index (χ1v) is 8.24. The molecule has 4 nitrogen and oxygen atoms in total. The van der Waals surface area contributed by atoms with Crippen LogP contribution in [0.3, 0.4) is 0 Å². The zero-order valence-electron chi connectivity index (χ0n) is 13.9. The Morgan fingerprint density at radius 3 is 2.26 bits per heavy atom. The van der Waals surface area contributed by atoms with Crippen LogP contribution in [0.25, 0.3) is 11.4 Å². The third-order valence-electron chi connectivity index (χ3n) is 3.84. The fourth-order valence-corrected chi connectivity index (χ4v) is 2.44. The molecule has 0 atom stereocenters. The number of hydrogen-bond acceptors (Lipinski definition) is 4. The van der Waals surface area contributed by atoms with Crippen molar-refractivity contribution in [2.75, 3.05) is 7.11 Å². The summed E-state index contributed by atoms with van der Waals surface area (Å²) in [5.41, 5.74) is 2.60. The molecule has 122 valence electrons. The first-order valence-electron chi connectivity index (χ1n) is 8.24. The largest absolute Gasteiger partial charge is 0.465 e. The van der Waals surface area contributed by atoms with Crippen LogP contribution in [-0.4, -0.2) is 23.0 Å². The molecule has 2 aromatic rings. The lowest BCUT2D eigenvalue weighted by atomic mass is 10.1. The van der Waals surface area contributed by atoms with Crippen LogP contribution < -0.4 is 0 Å². The van der Waals surface area contributed by atoms with Crippen LogP contribution in [0.5, 0.6) is 0 Å². The minimum atomic E-state index is -0.337. The Morgan fingerprint density at radius 2 is 1.65 bits per heavy atom. The molecular weight excluding hydrogens is 288 g/mol. The van der Waals surface area contributed by atoms with Gasteiger partial charge in [-0.3, -0.25) is 0 Å². The molecule has 4 heteroatoms. The number of carbonyl (C=O) groups is 1. The summed E-state index contributed by atoms with van der Waals surface area (Å²) in [6, 6.07) is 7.14. The maximum Gasteiger partial charge on any atom is 0.337 e. The predicted molar refractivity (Wildman–Crippen MR) is 91.3 cm³/mol. The van der Waals surface area contributed by atoms with Crippen LogP contribution in [0.15, 0.2) is 36.7 Å². The van der Waals surface area contributed by atoms with E-state index in [1.807, 2.05) is 24.5 Å². The van der Waals surface area contributed by atoms with E-state index in [2.05, 4.69) is 21.6 Å². The van der Waals surface area contributed by atoms with Gasteiger partial charge in [-0.25, -0.2) is 14.8 Å². The molecule has 0 amide bonds. The van der Waals surface area contributed by atoms with Gasteiger partial charge in [0, 0.05) is 18.0 Å². The molecular formula is C19H24N2O2. The van der Waals surface area contributed by atoms with Gasteiger partial charge in [0.2, 0.25) is 0 Å². The van der Waals surface area contributed by atoms with Gasteiger partial charge < -0.3 is 4.74 Å². The molecule has 0 N–H and O–H groups in total. The van der Waals surface area contributed by atoms with E-state index in [0.29, 0.717) is 11.4 Å². The van der Waals surface area contributed by atoms with Crippen LogP contribution in [-0.2, 0) is 11.2 Å². The lowest BCUT2D eigenvalue weighted by Crippen LogP contribution is -2.00. The number of methoxy groups -OCH3 is 1. The molecule has 0 fully saturated rings. The SMILES string of the molecule is CCCCCCCc1cnc(-c2ccc(C(=O)OC)cc2)nc1. The molecule has 0 bridgehead atoms. The molecule has 1 heterocycles. The van der Waals surface area contributed by atoms with Crippen LogP contribution in [0.4, 0.5) is 0 Å². The lowest BCUT2D eigenvalue weighted by molar-refractivity contribution is 0.0601. The van der Waals surface area contributed by atoms with Gasteiger partial charge in [0.1, 0.15) is 0 Å². The van der Waals surface area contributed by atoms with E-state index in [9.17, 15) is 4.79 Å². The number of nitrogens with zero attached hydrogens (tertiary/aromatic N) is 2. The number of benzene rings is 1. The van der Waals surface area contributed by atoms with E-state index in [-0.39, 0.29) is 5.97 Å². The van der Waals surface area contributed by atoms with Crippen molar-refractivity contribution in [3.8, 4) is 11.4 Å². The van der Waals surface area contributed by atoms with E-state index in [0.717, 1.165) is 12.0 Å². The summed E-state index contributed by atoms with van der Waals surface area (Å²) in [7, 11) is 1.38. The number of unbranched alkanes of at least 4 members (excludes halogenated alkanes) is 4. The fraction of sp³-hybridized carbons (Fsp3) is 0.421. The highest BCUT2D eigenvalue weighted by atomic mass is 16.5. The van der Waals surface area contributed by atoms with Gasteiger partial charge in [-0.05, 0) is 30.5 Å². The topological polar surface area (TPSA) is 52.1 Å². The highest BCUT2D eigenvalue weighted by molar-refractivity contribution is 5.89. The molecule has 2 rings (SSSR count). The summed E-state index contributed by atoms with van der Waals surface area (Å²) in [4.78, 5) is 20.3. The molecule has 0 saturated heterocycles. The first kappa shape index (κ1) is 17.1. The minimum absolute atomic E-state index is 0.337. The van der Waals surface area contributed by atoms with Gasteiger partial charge in [0.15, 0.2) is 5.82 Å². The number of rotatable bonds is 8. The van der Waals surface area contributed by atoms with Crippen molar-refractivity contribution < 1.29 is 9.53 Å². The molecule has 1 aromatic carbocycles. The predicted octanol–water partition coefficient (Wildman–Crippen LogP) is 4.44. The summed E-state index contributed by atoms with van der Waals surface area (Å²) in [6.07, 6.45) is 11.2. The summed E-state index contributed by atoms with van der Waals surface area (Å²) < 4.78 is 4.69. The van der Waals surface area contributed by atoms with Gasteiger partial charge >= 0.3 is 5.97 Å². The van der Waals surface area contributed by atoms with Gasteiger partial charge in [-0.1, -0.05) is 44.7 Å². The highest BCUT2D eigenvalue weighted by Crippen LogP contribution is 2.16. The molecule has 0 aliphatic heterocycles. The van der Waals surface area contributed by atoms with Gasteiger partial charge in [0.05, 0.1) is 12.7 Å². The van der Waals surface area contributed by atoms with Gasteiger partial charge in [0.25, 0.3) is 0 Å².